The van der Waals surface area contributed by atoms with E-state index in [1.165, 1.54) is 11.6 Å². The third-order valence-corrected chi connectivity index (χ3v) is 5.57. The molecule has 1 aliphatic heterocycles. The molecule has 4 nitrogen and oxygen atoms in total. The monoisotopic (exact) mass is 351 g/mol. The van der Waals surface area contributed by atoms with E-state index in [2.05, 4.69) is 17.0 Å². The second-order valence-electron chi connectivity index (χ2n) is 7.15. The van der Waals surface area contributed by atoms with Gasteiger partial charge in [0, 0.05) is 6.54 Å². The molecule has 2 aromatic carbocycles. The molecule has 3 atom stereocenters. The van der Waals surface area contributed by atoms with E-state index in [-0.39, 0.29) is 17.9 Å². The zero-order valence-corrected chi connectivity index (χ0v) is 14.6. The molecule has 0 amide bonds. The summed E-state index contributed by atoms with van der Waals surface area (Å²) < 4.78 is 20.5. The van der Waals surface area contributed by atoms with E-state index < -0.39 is 5.82 Å². The first-order chi connectivity index (χ1) is 12.7. The number of rotatable bonds is 4. The minimum absolute atomic E-state index is 0.180. The van der Waals surface area contributed by atoms with E-state index >= 15 is 0 Å². The van der Waals surface area contributed by atoms with Crippen LogP contribution in [0.25, 0.3) is 0 Å². The Balaban J connectivity index is 1.63. The molecule has 1 fully saturated rings. The molecule has 1 heterocycles. The number of hydrogen-bond acceptors (Lipinski definition) is 4. The van der Waals surface area contributed by atoms with E-state index in [1.54, 1.807) is 12.1 Å². The van der Waals surface area contributed by atoms with Gasteiger partial charge in [-0.3, -0.25) is 4.90 Å². The van der Waals surface area contributed by atoms with Crippen LogP contribution in [-0.2, 0) is 6.42 Å². The molecular weight excluding hydrogens is 329 g/mol. The lowest BCUT2D eigenvalue weighted by Crippen LogP contribution is -2.39. The number of halogens is 1. The van der Waals surface area contributed by atoms with Crippen LogP contribution in [0.3, 0.4) is 0 Å². The molecule has 4 rings (SSSR count). The lowest BCUT2D eigenvalue weighted by Gasteiger charge is -2.30. The maximum Gasteiger partial charge on any atom is 0.166 e. The molecule has 26 heavy (non-hydrogen) atoms. The highest BCUT2D eigenvalue weighted by Gasteiger charge is 2.40. The van der Waals surface area contributed by atoms with Crippen molar-refractivity contribution in [3.8, 4) is 11.8 Å². The van der Waals surface area contributed by atoms with Crippen LogP contribution in [-0.4, -0.2) is 30.6 Å². The summed E-state index contributed by atoms with van der Waals surface area (Å²) >= 11 is 0. The van der Waals surface area contributed by atoms with Crippen LogP contribution in [0, 0.1) is 23.1 Å². The van der Waals surface area contributed by atoms with Gasteiger partial charge in [0.25, 0.3) is 0 Å². The topological polar surface area (TPSA) is 62.3 Å². The van der Waals surface area contributed by atoms with Crippen molar-refractivity contribution in [2.24, 2.45) is 11.7 Å². The van der Waals surface area contributed by atoms with Crippen LogP contribution in [0.15, 0.2) is 42.5 Å². The van der Waals surface area contributed by atoms with Gasteiger partial charge in [0.15, 0.2) is 11.6 Å². The predicted molar refractivity (Wildman–Crippen MR) is 97.2 cm³/mol. The second-order valence-corrected chi connectivity index (χ2v) is 7.15. The van der Waals surface area contributed by atoms with Gasteiger partial charge in [-0.15, -0.1) is 0 Å². The zero-order chi connectivity index (χ0) is 18.1. The summed E-state index contributed by atoms with van der Waals surface area (Å²) in [6.07, 6.45) is 1.78. The van der Waals surface area contributed by atoms with Gasteiger partial charge in [-0.25, -0.2) is 4.39 Å². The molecule has 3 unspecified atom stereocenters. The summed E-state index contributed by atoms with van der Waals surface area (Å²) in [6, 6.07) is 14.7. The van der Waals surface area contributed by atoms with E-state index in [0.717, 1.165) is 31.5 Å². The number of fused-ring (bicyclic) bond motifs is 1. The van der Waals surface area contributed by atoms with Gasteiger partial charge in [0.1, 0.15) is 6.10 Å². The summed E-state index contributed by atoms with van der Waals surface area (Å²) in [5.41, 5.74) is 8.53. The maximum atomic E-state index is 14.4. The second kappa shape index (κ2) is 7.06. The zero-order valence-electron chi connectivity index (χ0n) is 14.6. The van der Waals surface area contributed by atoms with Crippen LogP contribution in [0.4, 0.5) is 4.39 Å². The number of benzene rings is 2. The Kier molecular flexibility index (Phi) is 4.62. The van der Waals surface area contributed by atoms with Gasteiger partial charge in [0.05, 0.1) is 17.7 Å². The van der Waals surface area contributed by atoms with Crippen molar-refractivity contribution < 1.29 is 9.13 Å². The smallest absolute Gasteiger partial charge is 0.166 e. The SMILES string of the molecule is N#Cc1ccc(OC2c3ccccc3CC2N2CCC(CN)C2)c(F)c1. The molecule has 134 valence electrons. The number of nitrogens with zero attached hydrogens (tertiary/aromatic N) is 2. The minimum Gasteiger partial charge on any atom is -0.481 e. The van der Waals surface area contributed by atoms with Gasteiger partial charge in [-0.1, -0.05) is 24.3 Å². The summed E-state index contributed by atoms with van der Waals surface area (Å²) in [4.78, 5) is 2.43. The molecule has 2 N–H and O–H groups in total. The van der Waals surface area contributed by atoms with Crippen LogP contribution in [0.1, 0.15) is 29.2 Å². The quantitative estimate of drug-likeness (QED) is 0.920. The van der Waals surface area contributed by atoms with Crippen molar-refractivity contribution in [1.82, 2.24) is 4.90 Å². The van der Waals surface area contributed by atoms with Crippen LogP contribution in [0.5, 0.6) is 5.75 Å². The van der Waals surface area contributed by atoms with E-state index in [9.17, 15) is 4.39 Å². The Morgan fingerprint density at radius 2 is 2.12 bits per heavy atom. The molecule has 2 aliphatic rings. The molecule has 0 aromatic heterocycles. The molecule has 1 aliphatic carbocycles. The molecular formula is C21H22FN3O. The van der Waals surface area contributed by atoms with Crippen LogP contribution in [0.2, 0.25) is 0 Å². The van der Waals surface area contributed by atoms with Crippen LogP contribution >= 0.6 is 0 Å². The highest BCUT2D eigenvalue weighted by atomic mass is 19.1. The number of ether oxygens (including phenoxy) is 1. The molecule has 2 aromatic rings. The average molecular weight is 351 g/mol. The first-order valence-corrected chi connectivity index (χ1v) is 9.08. The lowest BCUT2D eigenvalue weighted by atomic mass is 10.1. The van der Waals surface area contributed by atoms with Crippen molar-refractivity contribution in [2.75, 3.05) is 19.6 Å². The van der Waals surface area contributed by atoms with E-state index in [1.807, 2.05) is 18.2 Å². The summed E-state index contributed by atoms with van der Waals surface area (Å²) in [5.74, 6) is 0.227. The molecule has 0 spiro atoms. The third-order valence-electron chi connectivity index (χ3n) is 5.57. The summed E-state index contributed by atoms with van der Waals surface area (Å²) in [5, 5.41) is 8.93. The standard InChI is InChI=1S/C21H22FN3O/c22-18-9-14(11-23)5-6-20(18)26-21-17-4-2-1-3-16(17)10-19(21)25-8-7-15(12-24)13-25/h1-6,9,15,19,21H,7-8,10,12-13,24H2. The van der Waals surface area contributed by atoms with Crippen molar-refractivity contribution in [1.29, 1.82) is 5.26 Å². The minimum atomic E-state index is -0.492. The van der Waals surface area contributed by atoms with Crippen molar-refractivity contribution >= 4 is 0 Å². The average Bonchev–Trinajstić information content (AvgIpc) is 3.28. The lowest BCUT2D eigenvalue weighted by molar-refractivity contribution is 0.0883. The number of nitrogens with two attached hydrogens (primary N) is 1. The normalized spacial score (nSPS) is 25.0. The predicted octanol–water partition coefficient (Wildman–Crippen LogP) is 3.02. The molecule has 5 heteroatoms. The Morgan fingerprint density at radius 1 is 1.27 bits per heavy atom. The molecule has 0 radical (unpaired) electrons. The van der Waals surface area contributed by atoms with Gasteiger partial charge >= 0.3 is 0 Å². The molecule has 0 saturated carbocycles. The fourth-order valence-electron chi connectivity index (χ4n) is 4.16. The fraction of sp³-hybridized carbons (Fsp3) is 0.381. The molecule has 0 bridgehead atoms. The highest BCUT2D eigenvalue weighted by molar-refractivity contribution is 5.40. The van der Waals surface area contributed by atoms with Crippen molar-refractivity contribution in [2.45, 2.75) is 25.0 Å². The maximum absolute atomic E-state index is 14.4. The Morgan fingerprint density at radius 3 is 2.85 bits per heavy atom. The Hall–Kier alpha value is -2.42. The Bertz CT molecular complexity index is 847. The first kappa shape index (κ1) is 17.0. The van der Waals surface area contributed by atoms with Crippen molar-refractivity contribution in [3.63, 3.8) is 0 Å². The van der Waals surface area contributed by atoms with Gasteiger partial charge in [-0.2, -0.15) is 5.26 Å². The van der Waals surface area contributed by atoms with Gasteiger partial charge < -0.3 is 10.5 Å². The van der Waals surface area contributed by atoms with E-state index in [4.69, 9.17) is 15.7 Å². The highest BCUT2D eigenvalue weighted by Crippen LogP contribution is 2.40. The van der Waals surface area contributed by atoms with Crippen LogP contribution < -0.4 is 10.5 Å². The van der Waals surface area contributed by atoms with E-state index in [0.29, 0.717) is 18.0 Å². The first-order valence-electron chi connectivity index (χ1n) is 9.08. The summed E-state index contributed by atoms with van der Waals surface area (Å²) in [7, 11) is 0. The number of likely N-dealkylation sites (tertiary alicyclic amines) is 1. The Labute approximate surface area is 153 Å². The number of hydrogen-bond donors (Lipinski definition) is 1. The third kappa shape index (κ3) is 3.07. The number of nitriles is 1. The van der Waals surface area contributed by atoms with Gasteiger partial charge in [0.2, 0.25) is 0 Å². The largest absolute Gasteiger partial charge is 0.481 e. The molecule has 1 saturated heterocycles. The van der Waals surface area contributed by atoms with Gasteiger partial charge in [-0.05, 0) is 61.2 Å². The summed E-state index contributed by atoms with van der Waals surface area (Å²) in [6.45, 7) is 2.66. The van der Waals surface area contributed by atoms with Crippen molar-refractivity contribution in [3.05, 3.63) is 65.0 Å². The fourth-order valence-corrected chi connectivity index (χ4v) is 4.16.